The molecule has 5 rings (SSSR count). The molecule has 39 heavy (non-hydrogen) atoms. The molecule has 2 unspecified atom stereocenters. The van der Waals surface area contributed by atoms with Gasteiger partial charge in [0.05, 0.1) is 20.5 Å². The van der Waals surface area contributed by atoms with Gasteiger partial charge in [0, 0.05) is 42.2 Å². The Hall–Kier alpha value is -3.14. The first-order valence-corrected chi connectivity index (χ1v) is 16.3. The number of sulfonamides is 2. The largest absolute Gasteiger partial charge is 0.511 e. The molecule has 1 amide bonds. The highest BCUT2D eigenvalue weighted by molar-refractivity contribution is 7.91. The highest BCUT2D eigenvalue weighted by Crippen LogP contribution is 2.43. The van der Waals surface area contributed by atoms with Crippen LogP contribution in [0.4, 0.5) is 5.00 Å². The maximum atomic E-state index is 13.9. The number of carbonyl (C=O) groups is 1. The molecule has 0 saturated heterocycles. The summed E-state index contributed by atoms with van der Waals surface area (Å²) < 4.78 is 66.4. The molecular formula is C24H28N4O8S3. The third kappa shape index (κ3) is 5.11. The molecule has 1 saturated carbocycles. The van der Waals surface area contributed by atoms with E-state index in [1.165, 1.54) is 12.5 Å². The van der Waals surface area contributed by atoms with Crippen LogP contribution < -0.4 is 19.5 Å². The Morgan fingerprint density at radius 2 is 2.00 bits per heavy atom. The molecule has 0 bridgehead atoms. The predicted octanol–water partition coefficient (Wildman–Crippen LogP) is 2.35. The third-order valence-electron chi connectivity index (χ3n) is 7.08. The maximum Gasteiger partial charge on any atom is 0.287 e. The molecule has 1 fully saturated rings. The van der Waals surface area contributed by atoms with Gasteiger partial charge in [-0.3, -0.25) is 4.79 Å². The Morgan fingerprint density at radius 3 is 2.69 bits per heavy atom. The van der Waals surface area contributed by atoms with E-state index in [4.69, 9.17) is 9.47 Å². The molecule has 1 aromatic heterocycles. The normalized spacial score (nSPS) is 22.2. The molecular weight excluding hydrogens is 568 g/mol. The first-order valence-electron chi connectivity index (χ1n) is 12.1. The fourth-order valence-electron chi connectivity index (χ4n) is 5.29. The molecule has 1 aliphatic carbocycles. The number of thiophene rings is 1. The predicted molar refractivity (Wildman–Crippen MR) is 145 cm³/mol. The third-order valence-corrected chi connectivity index (χ3v) is 10.2. The van der Waals surface area contributed by atoms with Crippen LogP contribution in [0.3, 0.4) is 0 Å². The average molecular weight is 597 g/mol. The van der Waals surface area contributed by atoms with Crippen molar-refractivity contribution in [2.75, 3.05) is 25.8 Å². The number of hydrogen-bond donors (Lipinski definition) is 3. The van der Waals surface area contributed by atoms with Gasteiger partial charge in [0.2, 0.25) is 10.0 Å². The zero-order valence-electron chi connectivity index (χ0n) is 21.4. The molecule has 1 aromatic carbocycles. The molecule has 3 N–H and O–H groups in total. The van der Waals surface area contributed by atoms with E-state index in [-0.39, 0.29) is 57.7 Å². The summed E-state index contributed by atoms with van der Waals surface area (Å²) >= 11 is 1.04. The van der Waals surface area contributed by atoms with Crippen LogP contribution >= 0.6 is 11.3 Å². The molecule has 15 heteroatoms. The average Bonchev–Trinajstić information content (AvgIpc) is 3.53. The van der Waals surface area contributed by atoms with Crippen molar-refractivity contribution in [3.05, 3.63) is 46.0 Å². The van der Waals surface area contributed by atoms with Crippen LogP contribution in [0.15, 0.2) is 44.2 Å². The molecule has 0 radical (unpaired) electrons. The van der Waals surface area contributed by atoms with Gasteiger partial charge in [-0.05, 0) is 30.4 Å². The van der Waals surface area contributed by atoms with Crippen molar-refractivity contribution in [3.8, 4) is 11.5 Å². The van der Waals surface area contributed by atoms with Crippen LogP contribution in [0.1, 0.15) is 30.4 Å². The van der Waals surface area contributed by atoms with Crippen molar-refractivity contribution in [2.45, 2.75) is 43.3 Å². The smallest absolute Gasteiger partial charge is 0.287 e. The van der Waals surface area contributed by atoms with Crippen LogP contribution in [-0.2, 0) is 37.9 Å². The van der Waals surface area contributed by atoms with Gasteiger partial charge >= 0.3 is 0 Å². The van der Waals surface area contributed by atoms with Crippen LogP contribution in [0.25, 0.3) is 0 Å². The second-order valence-electron chi connectivity index (χ2n) is 9.53. The first-order chi connectivity index (χ1) is 18.4. The molecule has 0 spiro atoms. The number of benzene rings is 1. The van der Waals surface area contributed by atoms with Crippen molar-refractivity contribution in [2.24, 2.45) is 10.3 Å². The highest BCUT2D eigenvalue weighted by atomic mass is 32.2. The van der Waals surface area contributed by atoms with E-state index < -0.39 is 26.0 Å². The van der Waals surface area contributed by atoms with Crippen molar-refractivity contribution in [1.29, 1.82) is 0 Å². The van der Waals surface area contributed by atoms with E-state index in [0.717, 1.165) is 29.6 Å². The fraction of sp³-hybridized carbons (Fsp3) is 0.417. The van der Waals surface area contributed by atoms with Crippen molar-refractivity contribution in [3.63, 3.8) is 0 Å². The minimum atomic E-state index is -4.31. The Labute approximate surface area is 230 Å². The number of rotatable bonds is 8. The number of carbonyl (C=O) groups excluding carboxylic acids is 1. The Kier molecular flexibility index (Phi) is 7.11. The van der Waals surface area contributed by atoms with Crippen LogP contribution in [0, 0.1) is 5.92 Å². The Bertz CT molecular complexity index is 1610. The van der Waals surface area contributed by atoms with Gasteiger partial charge in [-0.15, -0.1) is 15.7 Å². The number of aliphatic hydroxyl groups is 1. The molecule has 210 valence electrons. The van der Waals surface area contributed by atoms with E-state index in [1.54, 1.807) is 30.2 Å². The lowest BCUT2D eigenvalue weighted by molar-refractivity contribution is -0.132. The number of methoxy groups -OCH3 is 2. The molecule has 12 nitrogen and oxygen atoms in total. The van der Waals surface area contributed by atoms with Crippen molar-refractivity contribution < 1.29 is 36.2 Å². The van der Waals surface area contributed by atoms with E-state index in [2.05, 4.69) is 14.4 Å². The minimum Gasteiger partial charge on any atom is -0.511 e. The molecule has 2 aromatic rings. The lowest BCUT2D eigenvalue weighted by Gasteiger charge is -2.39. The fourth-order valence-corrected chi connectivity index (χ4v) is 8.31. The summed E-state index contributed by atoms with van der Waals surface area (Å²) in [6, 6.07) is 5.02. The van der Waals surface area contributed by atoms with Crippen LogP contribution in [-0.4, -0.2) is 65.1 Å². The summed E-state index contributed by atoms with van der Waals surface area (Å²) in [5.74, 6) is -0.220. The maximum absolute atomic E-state index is 13.9. The Morgan fingerprint density at radius 1 is 1.23 bits per heavy atom. The van der Waals surface area contributed by atoms with E-state index >= 15 is 0 Å². The van der Waals surface area contributed by atoms with Gasteiger partial charge < -0.3 is 24.8 Å². The molecule has 3 heterocycles. The summed E-state index contributed by atoms with van der Waals surface area (Å²) in [4.78, 5) is 15.4. The molecule has 2 atom stereocenters. The number of nitrogens with zero attached hydrogens (tertiary/aromatic N) is 2. The van der Waals surface area contributed by atoms with E-state index in [1.807, 2.05) is 0 Å². The summed E-state index contributed by atoms with van der Waals surface area (Å²) in [5, 5.41) is 15.8. The van der Waals surface area contributed by atoms with E-state index in [0.29, 0.717) is 24.3 Å². The second kappa shape index (κ2) is 10.1. The number of aliphatic hydroxyl groups excluding tert-OH is 1. The highest BCUT2D eigenvalue weighted by Gasteiger charge is 2.47. The number of anilines is 1. The number of amides is 1. The van der Waals surface area contributed by atoms with Crippen LogP contribution in [0.5, 0.6) is 11.5 Å². The summed E-state index contributed by atoms with van der Waals surface area (Å²) in [6.45, 7) is -0.0555. The minimum absolute atomic E-state index is 0.158. The van der Waals surface area contributed by atoms with Gasteiger partial charge in [0.25, 0.3) is 15.9 Å². The van der Waals surface area contributed by atoms with Gasteiger partial charge in [0.1, 0.15) is 32.7 Å². The number of nitrogens with one attached hydrogen (secondary N) is 2. The van der Waals surface area contributed by atoms with Gasteiger partial charge in [0.15, 0.2) is 5.84 Å². The lowest BCUT2D eigenvalue weighted by Crippen LogP contribution is -2.49. The number of fused-ring (bicyclic) bond motifs is 2. The number of amidine groups is 1. The quantitative estimate of drug-likeness (QED) is 0.415. The first kappa shape index (κ1) is 27.4. The molecule has 2 aliphatic heterocycles. The molecule has 3 aliphatic rings. The summed E-state index contributed by atoms with van der Waals surface area (Å²) in [5.41, 5.74) is 0.768. The summed E-state index contributed by atoms with van der Waals surface area (Å²) in [7, 11) is -4.80. The standard InChI is InChI=1S/C24H28N4O8S3/c1-35-15-8-7-13(18(9-15)36-2)11-28-17-6-4-5-16(17)20(29)19(24(28)30)22-26-23-21(39(33,34)27-22)14(12-37-23)10-25-38(3,31)32/h7-9,12,16-17,25,29H,4-6,10-11H2,1-3H3,(H,26,27). The van der Waals surface area contributed by atoms with Gasteiger partial charge in [-0.2, -0.15) is 8.42 Å². The van der Waals surface area contributed by atoms with Gasteiger partial charge in [-0.25, -0.2) is 13.1 Å². The number of ether oxygens (including phenoxy) is 2. The monoisotopic (exact) mass is 596 g/mol. The second-order valence-corrected chi connectivity index (χ2v) is 13.8. The van der Waals surface area contributed by atoms with Crippen LogP contribution in [0.2, 0.25) is 0 Å². The zero-order chi connectivity index (χ0) is 28.1. The lowest BCUT2D eigenvalue weighted by atomic mass is 9.89. The number of hydrogen-bond acceptors (Lipinski definition) is 10. The Balaban J connectivity index is 1.51. The SMILES string of the molecule is COc1ccc(CN2C(=O)C(C3=NS(=O)(=O)c4c(CNS(C)(=O)=O)csc4N3)=C(O)C3CCCC32)c(OC)c1. The topological polar surface area (TPSA) is 164 Å². The van der Waals surface area contributed by atoms with Gasteiger partial charge in [-0.1, -0.05) is 6.42 Å². The van der Waals surface area contributed by atoms with Crippen molar-refractivity contribution >= 4 is 48.1 Å². The zero-order valence-corrected chi connectivity index (χ0v) is 23.9. The van der Waals surface area contributed by atoms with Crippen molar-refractivity contribution in [1.82, 2.24) is 9.62 Å². The van der Waals surface area contributed by atoms with E-state index in [9.17, 15) is 26.7 Å². The summed E-state index contributed by atoms with van der Waals surface area (Å²) in [6.07, 6.45) is 3.09.